The number of nitriles is 1. The lowest BCUT2D eigenvalue weighted by Crippen LogP contribution is -2.11. The summed E-state index contributed by atoms with van der Waals surface area (Å²) in [5, 5.41) is 12.4. The second kappa shape index (κ2) is 6.27. The molecular weight excluding hydrogens is 279 g/mol. The van der Waals surface area contributed by atoms with Gasteiger partial charge in [0.15, 0.2) is 0 Å². The van der Waals surface area contributed by atoms with Crippen molar-refractivity contribution in [1.29, 1.82) is 5.26 Å². The SMILES string of the molecule is COc1ccc(NC(C#N)c2c(F)cccc2Cl)cc1. The highest BCUT2D eigenvalue weighted by Crippen LogP contribution is 2.28. The van der Waals surface area contributed by atoms with E-state index in [0.29, 0.717) is 11.4 Å². The summed E-state index contributed by atoms with van der Waals surface area (Å²) >= 11 is 5.97. The number of halogens is 2. The predicted octanol–water partition coefficient (Wildman–Crippen LogP) is 4.16. The number of methoxy groups -OCH3 is 1. The Hall–Kier alpha value is -2.25. The minimum Gasteiger partial charge on any atom is -0.497 e. The number of benzene rings is 2. The molecule has 0 aliphatic carbocycles. The van der Waals surface area contributed by atoms with Crippen molar-refractivity contribution in [3.63, 3.8) is 0 Å². The molecule has 0 saturated carbocycles. The lowest BCUT2D eigenvalue weighted by molar-refractivity contribution is 0.415. The standard InChI is InChI=1S/C15H12ClFN2O/c1-20-11-7-5-10(6-8-11)19-14(9-18)15-12(16)3-2-4-13(15)17/h2-8,14,19H,1H3. The number of rotatable bonds is 4. The van der Waals surface area contributed by atoms with Crippen molar-refractivity contribution < 1.29 is 9.13 Å². The average molecular weight is 291 g/mol. The van der Waals surface area contributed by atoms with Gasteiger partial charge in [0.2, 0.25) is 0 Å². The van der Waals surface area contributed by atoms with Crippen LogP contribution in [-0.4, -0.2) is 7.11 Å². The molecule has 0 aliphatic rings. The summed E-state index contributed by atoms with van der Waals surface area (Å²) in [7, 11) is 1.57. The van der Waals surface area contributed by atoms with Gasteiger partial charge in [-0.1, -0.05) is 17.7 Å². The second-order valence-corrected chi connectivity index (χ2v) is 4.48. The molecule has 20 heavy (non-hydrogen) atoms. The maximum atomic E-state index is 13.8. The van der Waals surface area contributed by atoms with Gasteiger partial charge in [-0.25, -0.2) is 4.39 Å². The monoisotopic (exact) mass is 290 g/mol. The Morgan fingerprint density at radius 2 is 1.95 bits per heavy atom. The molecule has 1 atom stereocenters. The molecule has 1 unspecified atom stereocenters. The molecule has 5 heteroatoms. The van der Waals surface area contributed by atoms with E-state index in [9.17, 15) is 9.65 Å². The first-order valence-corrected chi connectivity index (χ1v) is 6.27. The molecule has 0 spiro atoms. The molecule has 1 N–H and O–H groups in total. The first kappa shape index (κ1) is 14.2. The van der Waals surface area contributed by atoms with Crippen molar-refractivity contribution in [3.05, 3.63) is 58.9 Å². The van der Waals surface area contributed by atoms with Crippen molar-refractivity contribution in [2.75, 3.05) is 12.4 Å². The Balaban J connectivity index is 2.27. The third kappa shape index (κ3) is 3.01. The largest absolute Gasteiger partial charge is 0.497 e. The summed E-state index contributed by atoms with van der Waals surface area (Å²) in [4.78, 5) is 0. The lowest BCUT2D eigenvalue weighted by Gasteiger charge is -2.15. The predicted molar refractivity (Wildman–Crippen MR) is 76.4 cm³/mol. The van der Waals surface area contributed by atoms with Crippen LogP contribution in [0.5, 0.6) is 5.75 Å². The molecule has 2 aromatic carbocycles. The van der Waals surface area contributed by atoms with E-state index in [-0.39, 0.29) is 10.6 Å². The molecule has 2 aromatic rings. The van der Waals surface area contributed by atoms with Gasteiger partial charge in [-0.2, -0.15) is 5.26 Å². The van der Waals surface area contributed by atoms with Crippen LogP contribution in [0.4, 0.5) is 10.1 Å². The van der Waals surface area contributed by atoms with Crippen LogP contribution in [0.2, 0.25) is 5.02 Å². The quantitative estimate of drug-likeness (QED) is 0.919. The Bertz CT molecular complexity index is 617. The van der Waals surface area contributed by atoms with Gasteiger partial charge >= 0.3 is 0 Å². The maximum absolute atomic E-state index is 13.8. The molecule has 0 aromatic heterocycles. The topological polar surface area (TPSA) is 45.0 Å². The first-order valence-electron chi connectivity index (χ1n) is 5.90. The third-order valence-electron chi connectivity index (χ3n) is 2.82. The minimum atomic E-state index is -0.864. The average Bonchev–Trinajstić information content (AvgIpc) is 2.46. The Morgan fingerprint density at radius 1 is 1.25 bits per heavy atom. The van der Waals surface area contributed by atoms with Crippen molar-refractivity contribution >= 4 is 17.3 Å². The molecule has 0 aliphatic heterocycles. The number of anilines is 1. The van der Waals surface area contributed by atoms with E-state index in [2.05, 4.69) is 5.32 Å². The molecule has 0 heterocycles. The van der Waals surface area contributed by atoms with Gasteiger partial charge in [-0.05, 0) is 36.4 Å². The Morgan fingerprint density at radius 3 is 2.50 bits per heavy atom. The molecule has 0 fully saturated rings. The third-order valence-corrected chi connectivity index (χ3v) is 3.15. The van der Waals surface area contributed by atoms with Gasteiger partial charge in [0.1, 0.15) is 17.6 Å². The number of nitrogens with one attached hydrogen (secondary N) is 1. The summed E-state index contributed by atoms with van der Waals surface area (Å²) in [6.45, 7) is 0. The molecular formula is C15H12ClFN2O. The zero-order valence-electron chi connectivity index (χ0n) is 10.7. The smallest absolute Gasteiger partial charge is 0.144 e. The van der Waals surface area contributed by atoms with Crippen molar-refractivity contribution in [3.8, 4) is 11.8 Å². The zero-order valence-corrected chi connectivity index (χ0v) is 11.5. The molecule has 0 amide bonds. The van der Waals surface area contributed by atoms with E-state index in [1.165, 1.54) is 12.1 Å². The Kier molecular flexibility index (Phi) is 4.44. The van der Waals surface area contributed by atoms with Crippen LogP contribution >= 0.6 is 11.6 Å². The number of nitrogens with zero attached hydrogens (tertiary/aromatic N) is 1. The molecule has 102 valence electrons. The zero-order chi connectivity index (χ0) is 14.5. The van der Waals surface area contributed by atoms with Gasteiger partial charge in [0.25, 0.3) is 0 Å². The van der Waals surface area contributed by atoms with Gasteiger partial charge in [0.05, 0.1) is 13.2 Å². The highest BCUT2D eigenvalue weighted by molar-refractivity contribution is 6.31. The molecule has 3 nitrogen and oxygen atoms in total. The van der Waals surface area contributed by atoms with Crippen LogP contribution in [0.25, 0.3) is 0 Å². The van der Waals surface area contributed by atoms with Crippen molar-refractivity contribution in [2.24, 2.45) is 0 Å². The summed E-state index contributed by atoms with van der Waals surface area (Å²) in [6.07, 6.45) is 0. The van der Waals surface area contributed by atoms with Crippen LogP contribution in [0, 0.1) is 17.1 Å². The van der Waals surface area contributed by atoms with Gasteiger partial charge < -0.3 is 10.1 Å². The van der Waals surface area contributed by atoms with E-state index in [4.69, 9.17) is 16.3 Å². The highest BCUT2D eigenvalue weighted by atomic mass is 35.5. The van der Waals surface area contributed by atoms with Crippen LogP contribution in [0.3, 0.4) is 0 Å². The number of hydrogen-bond donors (Lipinski definition) is 1. The second-order valence-electron chi connectivity index (χ2n) is 4.07. The van der Waals surface area contributed by atoms with E-state index in [1.807, 2.05) is 6.07 Å². The molecule has 0 radical (unpaired) electrons. The fourth-order valence-corrected chi connectivity index (χ4v) is 2.08. The van der Waals surface area contributed by atoms with Crippen molar-refractivity contribution in [1.82, 2.24) is 0 Å². The molecule has 2 rings (SSSR count). The molecule has 0 saturated heterocycles. The van der Waals surface area contributed by atoms with Gasteiger partial charge in [0, 0.05) is 16.3 Å². The van der Waals surface area contributed by atoms with E-state index < -0.39 is 11.9 Å². The molecule has 0 bridgehead atoms. The van der Waals surface area contributed by atoms with Crippen molar-refractivity contribution in [2.45, 2.75) is 6.04 Å². The summed E-state index contributed by atoms with van der Waals surface area (Å²) in [6, 6.07) is 12.5. The number of hydrogen-bond acceptors (Lipinski definition) is 3. The van der Waals surface area contributed by atoms with Gasteiger partial charge in [-0.3, -0.25) is 0 Å². The fraction of sp³-hybridized carbons (Fsp3) is 0.133. The number of ether oxygens (including phenoxy) is 1. The Labute approximate surface area is 121 Å². The van der Waals surface area contributed by atoms with Crippen LogP contribution in [-0.2, 0) is 0 Å². The van der Waals surface area contributed by atoms with Gasteiger partial charge in [-0.15, -0.1) is 0 Å². The summed E-state index contributed by atoms with van der Waals surface area (Å²) < 4.78 is 18.9. The van der Waals surface area contributed by atoms with Crippen LogP contribution < -0.4 is 10.1 Å². The first-order chi connectivity index (χ1) is 9.65. The summed E-state index contributed by atoms with van der Waals surface area (Å²) in [5.74, 6) is 0.193. The lowest BCUT2D eigenvalue weighted by atomic mass is 10.1. The van der Waals surface area contributed by atoms with E-state index in [0.717, 1.165) is 0 Å². The maximum Gasteiger partial charge on any atom is 0.144 e. The van der Waals surface area contributed by atoms with Crippen LogP contribution in [0.15, 0.2) is 42.5 Å². The van der Waals surface area contributed by atoms with Crippen LogP contribution in [0.1, 0.15) is 11.6 Å². The van der Waals surface area contributed by atoms with E-state index in [1.54, 1.807) is 37.4 Å². The van der Waals surface area contributed by atoms with E-state index >= 15 is 0 Å². The normalized spacial score (nSPS) is 11.5. The fourth-order valence-electron chi connectivity index (χ4n) is 1.81. The minimum absolute atomic E-state index is 0.146. The highest BCUT2D eigenvalue weighted by Gasteiger charge is 2.18. The summed E-state index contributed by atoms with van der Waals surface area (Å²) in [5.41, 5.74) is 0.823.